The summed E-state index contributed by atoms with van der Waals surface area (Å²) in [6.07, 6.45) is 0. The van der Waals surface area contributed by atoms with Crippen molar-refractivity contribution in [2.24, 2.45) is 0 Å². The van der Waals surface area contributed by atoms with Crippen molar-refractivity contribution in [3.05, 3.63) is 58.1 Å². The van der Waals surface area contributed by atoms with Crippen LogP contribution < -0.4 is 10.1 Å². The smallest absolute Gasteiger partial charge is 0.269 e. The van der Waals surface area contributed by atoms with Gasteiger partial charge < -0.3 is 10.1 Å². The van der Waals surface area contributed by atoms with Gasteiger partial charge in [-0.15, -0.1) is 11.8 Å². The number of thioether (sulfide) groups is 1. The van der Waals surface area contributed by atoms with E-state index in [9.17, 15) is 14.9 Å². The molecule has 0 radical (unpaired) electrons. The average Bonchev–Trinajstić information content (AvgIpc) is 2.61. The highest BCUT2D eigenvalue weighted by molar-refractivity contribution is 8.00. The molecule has 2 rings (SSSR count). The van der Waals surface area contributed by atoms with Gasteiger partial charge in [-0.2, -0.15) is 0 Å². The normalized spacial score (nSPS) is 12.3. The van der Waals surface area contributed by atoms with Gasteiger partial charge >= 0.3 is 0 Å². The predicted octanol–water partition coefficient (Wildman–Crippen LogP) is 5.02. The summed E-state index contributed by atoms with van der Waals surface area (Å²) < 4.78 is 5.36. The number of carbonyl (C=O) groups is 1. The van der Waals surface area contributed by atoms with Crippen LogP contribution in [0.25, 0.3) is 0 Å². The number of nitrogens with one attached hydrogen (secondary N) is 1. The molecule has 0 aliphatic carbocycles. The Balaban J connectivity index is 2.12. The van der Waals surface area contributed by atoms with Gasteiger partial charge in [-0.05, 0) is 42.2 Å². The van der Waals surface area contributed by atoms with Gasteiger partial charge in [0.25, 0.3) is 5.69 Å². The lowest BCUT2D eigenvalue weighted by Gasteiger charge is -2.22. The molecule has 0 saturated heterocycles. The van der Waals surface area contributed by atoms with Gasteiger partial charge in [0.05, 0.1) is 23.0 Å². The van der Waals surface area contributed by atoms with Crippen molar-refractivity contribution in [2.45, 2.75) is 43.3 Å². The predicted molar refractivity (Wildman–Crippen MR) is 109 cm³/mol. The number of nitro groups is 1. The molecule has 0 fully saturated rings. The molecule has 1 N–H and O–H groups in total. The van der Waals surface area contributed by atoms with Crippen molar-refractivity contribution < 1.29 is 14.5 Å². The average molecular weight is 388 g/mol. The van der Waals surface area contributed by atoms with E-state index in [1.54, 1.807) is 26.2 Å². The Bertz CT molecular complexity index is 829. The standard InChI is InChI=1S/C20H24N2O4S/c1-13(27-16-9-7-15(8-10-16)22(24)25)19(23)21-17-12-14(20(2,3)4)6-11-18(17)26-5/h6-13H,1-5H3,(H,21,23)/t13-/m0/s1. The molecule has 0 aromatic heterocycles. The van der Waals surface area contributed by atoms with Gasteiger partial charge in [-0.1, -0.05) is 26.8 Å². The third-order valence-corrected chi connectivity index (χ3v) is 5.16. The van der Waals surface area contributed by atoms with E-state index >= 15 is 0 Å². The summed E-state index contributed by atoms with van der Waals surface area (Å²) in [6.45, 7) is 8.11. The molecule has 0 bridgehead atoms. The maximum absolute atomic E-state index is 12.6. The number of rotatable bonds is 6. The van der Waals surface area contributed by atoms with Crippen molar-refractivity contribution in [1.82, 2.24) is 0 Å². The number of nitro benzene ring substituents is 1. The first-order valence-electron chi connectivity index (χ1n) is 8.52. The Morgan fingerprint density at radius 2 is 1.81 bits per heavy atom. The highest BCUT2D eigenvalue weighted by Crippen LogP contribution is 2.32. The van der Waals surface area contributed by atoms with Crippen LogP contribution in [0.4, 0.5) is 11.4 Å². The van der Waals surface area contributed by atoms with Crippen LogP contribution in [-0.2, 0) is 10.2 Å². The number of nitrogens with zero attached hydrogens (tertiary/aromatic N) is 1. The quantitative estimate of drug-likeness (QED) is 0.427. The SMILES string of the molecule is COc1ccc(C(C)(C)C)cc1NC(=O)[C@H](C)Sc1ccc([N+](=O)[O-])cc1. The van der Waals surface area contributed by atoms with Crippen molar-refractivity contribution in [1.29, 1.82) is 0 Å². The van der Waals surface area contributed by atoms with E-state index in [1.165, 1.54) is 23.9 Å². The second kappa shape index (κ2) is 8.43. The molecule has 6 nitrogen and oxygen atoms in total. The minimum absolute atomic E-state index is 0.0280. The monoisotopic (exact) mass is 388 g/mol. The zero-order valence-electron chi connectivity index (χ0n) is 16.1. The minimum Gasteiger partial charge on any atom is -0.495 e. The summed E-state index contributed by atoms with van der Waals surface area (Å²) in [6, 6.07) is 11.9. The van der Waals surface area contributed by atoms with E-state index in [1.807, 2.05) is 18.2 Å². The molecule has 27 heavy (non-hydrogen) atoms. The number of benzene rings is 2. The number of hydrogen-bond donors (Lipinski definition) is 1. The van der Waals surface area contributed by atoms with Crippen LogP contribution in [0.1, 0.15) is 33.3 Å². The van der Waals surface area contributed by atoms with Crippen LogP contribution >= 0.6 is 11.8 Å². The molecule has 0 unspecified atom stereocenters. The Kier molecular flexibility index (Phi) is 6.49. The summed E-state index contributed by atoms with van der Waals surface area (Å²) in [5.74, 6) is 0.437. The fourth-order valence-corrected chi connectivity index (χ4v) is 3.28. The summed E-state index contributed by atoms with van der Waals surface area (Å²) in [5, 5.41) is 13.3. The molecule has 1 atom stereocenters. The maximum atomic E-state index is 12.6. The highest BCUT2D eigenvalue weighted by atomic mass is 32.2. The molecule has 0 saturated carbocycles. The van der Waals surface area contributed by atoms with Crippen LogP contribution in [0.5, 0.6) is 5.75 Å². The molecular weight excluding hydrogens is 364 g/mol. The van der Waals surface area contributed by atoms with E-state index in [4.69, 9.17) is 4.74 Å². The summed E-state index contributed by atoms with van der Waals surface area (Å²) in [7, 11) is 1.57. The lowest BCUT2D eigenvalue weighted by atomic mass is 9.87. The third-order valence-electron chi connectivity index (χ3n) is 4.05. The first-order valence-corrected chi connectivity index (χ1v) is 9.40. The maximum Gasteiger partial charge on any atom is 0.269 e. The van der Waals surface area contributed by atoms with Crippen LogP contribution in [0, 0.1) is 10.1 Å². The molecule has 7 heteroatoms. The number of non-ortho nitro benzene ring substituents is 1. The molecular formula is C20H24N2O4S. The Hall–Kier alpha value is -2.54. The van der Waals surface area contributed by atoms with Crippen molar-refractivity contribution in [2.75, 3.05) is 12.4 Å². The number of anilines is 1. The van der Waals surface area contributed by atoms with Gasteiger partial charge in [0, 0.05) is 17.0 Å². The lowest BCUT2D eigenvalue weighted by Crippen LogP contribution is -2.23. The summed E-state index contributed by atoms with van der Waals surface area (Å²) in [4.78, 5) is 23.7. The van der Waals surface area contributed by atoms with E-state index in [0.717, 1.165) is 10.5 Å². The minimum atomic E-state index is -0.445. The largest absolute Gasteiger partial charge is 0.495 e. The van der Waals surface area contributed by atoms with Gasteiger partial charge in [0.2, 0.25) is 5.91 Å². The molecule has 2 aromatic carbocycles. The number of methoxy groups -OCH3 is 1. The zero-order chi connectivity index (χ0) is 20.2. The topological polar surface area (TPSA) is 81.5 Å². The molecule has 2 aromatic rings. The number of hydrogen-bond acceptors (Lipinski definition) is 5. The van der Waals surface area contributed by atoms with E-state index in [2.05, 4.69) is 26.1 Å². The Labute approximate surface area is 163 Å². The van der Waals surface area contributed by atoms with Crippen molar-refractivity contribution in [3.63, 3.8) is 0 Å². The summed E-state index contributed by atoms with van der Waals surface area (Å²) in [5.41, 5.74) is 1.70. The van der Waals surface area contributed by atoms with E-state index in [-0.39, 0.29) is 22.3 Å². The first-order chi connectivity index (χ1) is 12.6. The van der Waals surface area contributed by atoms with Crippen LogP contribution in [0.2, 0.25) is 0 Å². The molecule has 0 heterocycles. The number of amides is 1. The second-order valence-electron chi connectivity index (χ2n) is 7.17. The first kappa shape index (κ1) is 20.8. The second-order valence-corrected chi connectivity index (χ2v) is 8.58. The van der Waals surface area contributed by atoms with Gasteiger partial charge in [0.15, 0.2) is 0 Å². The van der Waals surface area contributed by atoms with Crippen LogP contribution in [-0.4, -0.2) is 23.2 Å². The van der Waals surface area contributed by atoms with E-state index in [0.29, 0.717) is 11.4 Å². The molecule has 0 aliphatic rings. The van der Waals surface area contributed by atoms with Crippen molar-refractivity contribution in [3.8, 4) is 5.75 Å². The van der Waals surface area contributed by atoms with E-state index < -0.39 is 4.92 Å². The van der Waals surface area contributed by atoms with Crippen LogP contribution in [0.3, 0.4) is 0 Å². The number of ether oxygens (including phenoxy) is 1. The third kappa shape index (κ3) is 5.47. The lowest BCUT2D eigenvalue weighted by molar-refractivity contribution is -0.384. The zero-order valence-corrected chi connectivity index (χ0v) is 16.9. The Morgan fingerprint density at radius 1 is 1.19 bits per heavy atom. The Morgan fingerprint density at radius 3 is 2.33 bits per heavy atom. The van der Waals surface area contributed by atoms with Crippen molar-refractivity contribution >= 4 is 29.0 Å². The molecule has 0 spiro atoms. The fraction of sp³-hybridized carbons (Fsp3) is 0.350. The number of carbonyl (C=O) groups excluding carboxylic acids is 1. The molecule has 144 valence electrons. The summed E-state index contributed by atoms with van der Waals surface area (Å²) >= 11 is 1.34. The van der Waals surface area contributed by atoms with Gasteiger partial charge in [-0.3, -0.25) is 14.9 Å². The van der Waals surface area contributed by atoms with Gasteiger partial charge in [0.1, 0.15) is 5.75 Å². The highest BCUT2D eigenvalue weighted by Gasteiger charge is 2.20. The van der Waals surface area contributed by atoms with Gasteiger partial charge in [-0.25, -0.2) is 0 Å². The molecule has 1 amide bonds. The fourth-order valence-electron chi connectivity index (χ4n) is 2.41. The van der Waals surface area contributed by atoms with Crippen LogP contribution in [0.15, 0.2) is 47.4 Å². The molecule has 0 aliphatic heterocycles.